The summed E-state index contributed by atoms with van der Waals surface area (Å²) in [5.41, 5.74) is 0.0487. The maximum absolute atomic E-state index is 12.1. The van der Waals surface area contributed by atoms with Crippen molar-refractivity contribution in [3.8, 4) is 0 Å². The molecule has 0 aromatic carbocycles. The molecular formula is C19H29N3O3. The first-order chi connectivity index (χ1) is 12.2. The monoisotopic (exact) mass is 347 g/mol. The Morgan fingerprint density at radius 2 is 2.12 bits per heavy atom. The number of pyridine rings is 1. The summed E-state index contributed by atoms with van der Waals surface area (Å²) in [6, 6.07) is 5.30. The van der Waals surface area contributed by atoms with Gasteiger partial charge >= 0.3 is 6.03 Å². The van der Waals surface area contributed by atoms with Gasteiger partial charge in [-0.25, -0.2) is 4.79 Å². The van der Waals surface area contributed by atoms with E-state index in [-0.39, 0.29) is 23.2 Å². The quantitative estimate of drug-likeness (QED) is 0.776. The number of amides is 2. The average Bonchev–Trinajstić information content (AvgIpc) is 3.03. The molecule has 2 amide bonds. The van der Waals surface area contributed by atoms with Crippen molar-refractivity contribution < 1.29 is 9.53 Å². The molecule has 6 heteroatoms. The number of aromatic nitrogens is 1. The molecule has 1 spiro atoms. The number of hydrogen-bond acceptors (Lipinski definition) is 3. The van der Waals surface area contributed by atoms with E-state index in [2.05, 4.69) is 10.6 Å². The fourth-order valence-electron chi connectivity index (χ4n) is 4.01. The van der Waals surface area contributed by atoms with E-state index in [4.69, 9.17) is 4.74 Å². The maximum atomic E-state index is 12.1. The minimum absolute atomic E-state index is 0.0218. The zero-order valence-corrected chi connectivity index (χ0v) is 14.8. The first-order valence-corrected chi connectivity index (χ1v) is 9.51. The predicted molar refractivity (Wildman–Crippen MR) is 96.6 cm³/mol. The van der Waals surface area contributed by atoms with Crippen LogP contribution in [-0.2, 0) is 11.3 Å². The molecule has 1 atom stereocenters. The zero-order chi connectivity index (χ0) is 17.5. The highest BCUT2D eigenvalue weighted by Gasteiger charge is 2.40. The van der Waals surface area contributed by atoms with Crippen LogP contribution >= 0.6 is 0 Å². The van der Waals surface area contributed by atoms with Crippen LogP contribution in [0.2, 0.25) is 0 Å². The Morgan fingerprint density at radius 1 is 1.28 bits per heavy atom. The minimum atomic E-state index is -0.0862. The summed E-state index contributed by atoms with van der Waals surface area (Å²) in [7, 11) is 0. The van der Waals surface area contributed by atoms with E-state index in [1.165, 1.54) is 12.8 Å². The van der Waals surface area contributed by atoms with Crippen molar-refractivity contribution in [2.45, 2.75) is 69.6 Å². The smallest absolute Gasteiger partial charge is 0.315 e. The lowest BCUT2D eigenvalue weighted by Crippen LogP contribution is -2.50. The summed E-state index contributed by atoms with van der Waals surface area (Å²) in [6.45, 7) is 2.06. The normalized spacial score (nSPS) is 22.0. The SMILES string of the molecule is O=C(NCCCCn1ccccc1=O)NC1CCOC2(CCCC2)C1. The van der Waals surface area contributed by atoms with Crippen LogP contribution in [0.25, 0.3) is 0 Å². The third kappa shape index (κ3) is 5.08. The second-order valence-corrected chi connectivity index (χ2v) is 7.27. The van der Waals surface area contributed by atoms with Gasteiger partial charge in [-0.1, -0.05) is 18.9 Å². The number of nitrogens with one attached hydrogen (secondary N) is 2. The lowest BCUT2D eigenvalue weighted by molar-refractivity contribution is -0.0820. The van der Waals surface area contributed by atoms with Crippen molar-refractivity contribution in [2.24, 2.45) is 0 Å². The number of rotatable bonds is 6. The molecule has 3 rings (SSSR count). The Kier molecular flexibility index (Phi) is 6.13. The number of ether oxygens (including phenoxy) is 1. The van der Waals surface area contributed by atoms with Crippen molar-refractivity contribution in [2.75, 3.05) is 13.2 Å². The molecule has 1 aliphatic carbocycles. The second-order valence-electron chi connectivity index (χ2n) is 7.27. The Morgan fingerprint density at radius 3 is 2.92 bits per heavy atom. The van der Waals surface area contributed by atoms with Gasteiger partial charge in [0.1, 0.15) is 0 Å². The van der Waals surface area contributed by atoms with Gasteiger partial charge in [0.2, 0.25) is 5.56 Å². The van der Waals surface area contributed by atoms with Gasteiger partial charge in [0, 0.05) is 38.0 Å². The van der Waals surface area contributed by atoms with Crippen LogP contribution in [-0.4, -0.2) is 35.4 Å². The van der Waals surface area contributed by atoms with Crippen LogP contribution in [0.4, 0.5) is 4.79 Å². The molecule has 25 heavy (non-hydrogen) atoms. The molecule has 1 unspecified atom stereocenters. The van der Waals surface area contributed by atoms with Gasteiger partial charge in [0.05, 0.1) is 5.60 Å². The number of carbonyl (C=O) groups excluding carboxylic acids is 1. The van der Waals surface area contributed by atoms with E-state index in [0.717, 1.165) is 45.1 Å². The predicted octanol–water partition coefficient (Wildman–Crippen LogP) is 2.42. The number of unbranched alkanes of at least 4 members (excludes halogenated alkanes) is 1. The number of carbonyl (C=O) groups is 1. The highest BCUT2D eigenvalue weighted by Crippen LogP contribution is 2.39. The fraction of sp³-hybridized carbons (Fsp3) is 0.684. The minimum Gasteiger partial charge on any atom is -0.375 e. The van der Waals surface area contributed by atoms with E-state index >= 15 is 0 Å². The summed E-state index contributed by atoms with van der Waals surface area (Å²) >= 11 is 0. The van der Waals surface area contributed by atoms with Crippen molar-refractivity contribution in [3.05, 3.63) is 34.7 Å². The highest BCUT2D eigenvalue weighted by molar-refractivity contribution is 5.74. The largest absolute Gasteiger partial charge is 0.375 e. The number of nitrogens with zero attached hydrogens (tertiary/aromatic N) is 1. The molecule has 1 saturated carbocycles. The molecule has 2 heterocycles. The first kappa shape index (κ1) is 18.0. The van der Waals surface area contributed by atoms with Crippen LogP contribution in [0, 0.1) is 0 Å². The van der Waals surface area contributed by atoms with Gasteiger partial charge in [-0.05, 0) is 44.6 Å². The molecule has 2 N–H and O–H groups in total. The van der Waals surface area contributed by atoms with Gasteiger partial charge in [0.25, 0.3) is 0 Å². The molecule has 2 aliphatic rings. The second kappa shape index (κ2) is 8.52. The Labute approximate surface area is 148 Å². The standard InChI is InChI=1S/C19H29N3O3/c23-17-7-1-5-12-22(17)13-6-4-11-20-18(24)21-16-8-14-25-19(15-16)9-2-3-10-19/h1,5,7,12,16H,2-4,6,8-11,13-15H2,(H2,20,21,24). The van der Waals surface area contributed by atoms with Crippen LogP contribution < -0.4 is 16.2 Å². The third-order valence-corrected chi connectivity index (χ3v) is 5.35. The summed E-state index contributed by atoms with van der Waals surface area (Å²) in [5, 5.41) is 6.03. The summed E-state index contributed by atoms with van der Waals surface area (Å²) in [5.74, 6) is 0. The Balaban J connectivity index is 1.32. The topological polar surface area (TPSA) is 72.4 Å². The average molecular weight is 347 g/mol. The van der Waals surface area contributed by atoms with E-state index in [1.54, 1.807) is 22.9 Å². The fourth-order valence-corrected chi connectivity index (χ4v) is 4.01. The lowest BCUT2D eigenvalue weighted by Gasteiger charge is -2.38. The van der Waals surface area contributed by atoms with E-state index < -0.39 is 0 Å². The number of hydrogen-bond donors (Lipinski definition) is 2. The Hall–Kier alpha value is -1.82. The molecule has 1 aliphatic heterocycles. The van der Waals surface area contributed by atoms with Gasteiger partial charge < -0.3 is 19.9 Å². The molecule has 6 nitrogen and oxygen atoms in total. The van der Waals surface area contributed by atoms with Crippen molar-refractivity contribution in [3.63, 3.8) is 0 Å². The molecule has 1 aromatic heterocycles. The van der Waals surface area contributed by atoms with Gasteiger partial charge in [-0.15, -0.1) is 0 Å². The van der Waals surface area contributed by atoms with Gasteiger partial charge in [0.15, 0.2) is 0 Å². The lowest BCUT2D eigenvalue weighted by atomic mass is 9.89. The van der Waals surface area contributed by atoms with Crippen molar-refractivity contribution in [1.29, 1.82) is 0 Å². The molecule has 1 saturated heterocycles. The summed E-state index contributed by atoms with van der Waals surface area (Å²) in [4.78, 5) is 23.7. The van der Waals surface area contributed by atoms with Crippen LogP contribution in [0.1, 0.15) is 51.4 Å². The van der Waals surface area contributed by atoms with Crippen LogP contribution in [0.15, 0.2) is 29.2 Å². The molecule has 1 aromatic rings. The van der Waals surface area contributed by atoms with Crippen molar-refractivity contribution >= 4 is 6.03 Å². The maximum Gasteiger partial charge on any atom is 0.315 e. The molecule has 0 bridgehead atoms. The number of aryl methyl sites for hydroxylation is 1. The van der Waals surface area contributed by atoms with E-state index in [1.807, 2.05) is 6.07 Å². The molecular weight excluding hydrogens is 318 g/mol. The molecule has 138 valence electrons. The van der Waals surface area contributed by atoms with Crippen molar-refractivity contribution in [1.82, 2.24) is 15.2 Å². The van der Waals surface area contributed by atoms with E-state index in [0.29, 0.717) is 13.1 Å². The van der Waals surface area contributed by atoms with Crippen LogP contribution in [0.5, 0.6) is 0 Å². The Bertz CT molecular complexity index is 622. The van der Waals surface area contributed by atoms with Crippen LogP contribution in [0.3, 0.4) is 0 Å². The summed E-state index contributed by atoms with van der Waals surface area (Å²) < 4.78 is 7.70. The highest BCUT2D eigenvalue weighted by atomic mass is 16.5. The number of urea groups is 1. The zero-order valence-electron chi connectivity index (χ0n) is 14.8. The van der Waals surface area contributed by atoms with E-state index in [9.17, 15) is 9.59 Å². The third-order valence-electron chi connectivity index (χ3n) is 5.35. The van der Waals surface area contributed by atoms with Gasteiger partial charge in [-0.3, -0.25) is 4.79 Å². The first-order valence-electron chi connectivity index (χ1n) is 9.51. The van der Waals surface area contributed by atoms with Gasteiger partial charge in [-0.2, -0.15) is 0 Å². The molecule has 0 radical (unpaired) electrons. The molecule has 2 fully saturated rings. The summed E-state index contributed by atoms with van der Waals surface area (Å²) in [6.07, 6.45) is 10.1.